The maximum absolute atomic E-state index is 5.50. The van der Waals surface area contributed by atoms with Crippen molar-refractivity contribution in [1.82, 2.24) is 14.8 Å². The summed E-state index contributed by atoms with van der Waals surface area (Å²) in [6, 6.07) is 18.5. The lowest BCUT2D eigenvalue weighted by molar-refractivity contribution is 0.560. The van der Waals surface area contributed by atoms with Gasteiger partial charge in [0.15, 0.2) is 16.4 Å². The number of aromatic amines is 1. The van der Waals surface area contributed by atoms with Crippen LogP contribution in [0.3, 0.4) is 0 Å². The van der Waals surface area contributed by atoms with Gasteiger partial charge in [0.1, 0.15) is 0 Å². The first kappa shape index (κ1) is 14.0. The number of nitrogens with one attached hydrogen (secondary N) is 1. The van der Waals surface area contributed by atoms with E-state index in [9.17, 15) is 0 Å². The van der Waals surface area contributed by atoms with E-state index in [1.54, 1.807) is 6.26 Å². The fourth-order valence-corrected chi connectivity index (χ4v) is 3.29. The third kappa shape index (κ3) is 2.29. The number of nitrogens with zero attached hydrogens (tertiary/aromatic N) is 2. The first-order chi connectivity index (χ1) is 11.3. The molecule has 0 aliphatic carbocycles. The smallest absolute Gasteiger partial charge is 0.198 e. The van der Waals surface area contributed by atoms with Crippen LogP contribution in [0.2, 0.25) is 0 Å². The summed E-state index contributed by atoms with van der Waals surface area (Å²) >= 11 is 5.45. The molecule has 0 spiro atoms. The van der Waals surface area contributed by atoms with E-state index < -0.39 is 0 Å². The van der Waals surface area contributed by atoms with E-state index in [2.05, 4.69) is 59.6 Å². The summed E-state index contributed by atoms with van der Waals surface area (Å²) < 4.78 is 8.07. The Morgan fingerprint density at radius 3 is 2.74 bits per heavy atom. The average molecular weight is 321 g/mol. The van der Waals surface area contributed by atoms with Crippen LogP contribution in [-0.4, -0.2) is 14.8 Å². The van der Waals surface area contributed by atoms with Gasteiger partial charge in [-0.2, -0.15) is 5.10 Å². The standard InChI is InChI=1S/C18H15N3OS/c1-12(14-9-4-7-13-6-2-3-8-15(13)14)21-17(19-20-18(21)23)16-10-5-11-22-16/h2-12H,1H3,(H,20,23). The van der Waals surface area contributed by atoms with E-state index in [0.717, 1.165) is 0 Å². The molecule has 0 saturated heterocycles. The second-order valence-electron chi connectivity index (χ2n) is 5.44. The van der Waals surface area contributed by atoms with Crippen molar-refractivity contribution in [3.63, 3.8) is 0 Å². The quantitative estimate of drug-likeness (QED) is 0.542. The molecule has 114 valence electrons. The second kappa shape index (κ2) is 5.52. The van der Waals surface area contributed by atoms with Crippen LogP contribution in [0.5, 0.6) is 0 Å². The Morgan fingerprint density at radius 2 is 1.91 bits per heavy atom. The fraction of sp³-hybridized carbons (Fsp3) is 0.111. The summed E-state index contributed by atoms with van der Waals surface area (Å²) in [6.45, 7) is 2.12. The summed E-state index contributed by atoms with van der Waals surface area (Å²) in [6.07, 6.45) is 1.64. The van der Waals surface area contributed by atoms with E-state index in [1.807, 2.05) is 16.7 Å². The van der Waals surface area contributed by atoms with Crippen molar-refractivity contribution in [3.05, 3.63) is 71.2 Å². The maximum Gasteiger partial charge on any atom is 0.198 e. The minimum absolute atomic E-state index is 0.0347. The average Bonchev–Trinajstić information content (AvgIpc) is 3.23. The second-order valence-corrected chi connectivity index (χ2v) is 5.83. The van der Waals surface area contributed by atoms with Crippen molar-refractivity contribution in [3.8, 4) is 11.6 Å². The highest BCUT2D eigenvalue weighted by molar-refractivity contribution is 7.71. The van der Waals surface area contributed by atoms with Crippen molar-refractivity contribution in [2.45, 2.75) is 13.0 Å². The van der Waals surface area contributed by atoms with Crippen LogP contribution < -0.4 is 0 Å². The lowest BCUT2D eigenvalue weighted by Crippen LogP contribution is -2.09. The number of furan rings is 1. The van der Waals surface area contributed by atoms with Gasteiger partial charge in [-0.3, -0.25) is 9.67 Å². The van der Waals surface area contributed by atoms with Gasteiger partial charge in [-0.1, -0.05) is 42.5 Å². The Labute approximate surface area is 138 Å². The van der Waals surface area contributed by atoms with E-state index in [-0.39, 0.29) is 6.04 Å². The zero-order valence-electron chi connectivity index (χ0n) is 12.6. The van der Waals surface area contributed by atoms with Gasteiger partial charge in [-0.05, 0) is 47.6 Å². The zero-order chi connectivity index (χ0) is 15.8. The third-order valence-electron chi connectivity index (χ3n) is 4.11. The largest absolute Gasteiger partial charge is 0.461 e. The molecule has 2 heterocycles. The first-order valence-electron chi connectivity index (χ1n) is 7.44. The molecule has 23 heavy (non-hydrogen) atoms. The molecule has 0 fully saturated rings. The molecular weight excluding hydrogens is 306 g/mol. The van der Waals surface area contributed by atoms with E-state index in [1.165, 1.54) is 16.3 Å². The normalized spacial score (nSPS) is 12.6. The van der Waals surface area contributed by atoms with Gasteiger partial charge in [0.05, 0.1) is 12.3 Å². The van der Waals surface area contributed by atoms with E-state index in [4.69, 9.17) is 16.6 Å². The van der Waals surface area contributed by atoms with Crippen LogP contribution in [-0.2, 0) is 0 Å². The molecule has 2 aromatic heterocycles. The summed E-state index contributed by atoms with van der Waals surface area (Å²) in [5.74, 6) is 1.41. The van der Waals surface area contributed by atoms with Crippen LogP contribution in [0.4, 0.5) is 0 Å². The van der Waals surface area contributed by atoms with Gasteiger partial charge in [0.2, 0.25) is 0 Å². The molecule has 0 saturated carbocycles. The predicted octanol–water partition coefficient (Wildman–Crippen LogP) is 4.96. The fourth-order valence-electron chi connectivity index (χ4n) is 3.00. The number of rotatable bonds is 3. The minimum Gasteiger partial charge on any atom is -0.461 e. The Hall–Kier alpha value is -2.66. The highest BCUT2D eigenvalue weighted by atomic mass is 32.1. The number of fused-ring (bicyclic) bond motifs is 1. The van der Waals surface area contributed by atoms with Gasteiger partial charge < -0.3 is 4.42 Å². The van der Waals surface area contributed by atoms with Crippen LogP contribution >= 0.6 is 12.2 Å². The van der Waals surface area contributed by atoms with Crippen molar-refractivity contribution in [2.75, 3.05) is 0 Å². The van der Waals surface area contributed by atoms with Gasteiger partial charge >= 0.3 is 0 Å². The molecule has 1 N–H and O–H groups in total. The topological polar surface area (TPSA) is 46.8 Å². The van der Waals surface area contributed by atoms with Gasteiger partial charge in [-0.25, -0.2) is 0 Å². The Morgan fingerprint density at radius 1 is 1.09 bits per heavy atom. The summed E-state index contributed by atoms with van der Waals surface area (Å²) in [4.78, 5) is 0. The molecular formula is C18H15N3OS. The SMILES string of the molecule is CC(c1cccc2ccccc12)n1c(-c2ccco2)n[nH]c1=S. The third-order valence-corrected chi connectivity index (χ3v) is 4.39. The lowest BCUT2D eigenvalue weighted by Gasteiger charge is -2.17. The number of hydrogen-bond acceptors (Lipinski definition) is 3. The molecule has 0 radical (unpaired) electrons. The van der Waals surface area contributed by atoms with Gasteiger partial charge in [0, 0.05) is 0 Å². The number of aromatic nitrogens is 3. The van der Waals surface area contributed by atoms with E-state index in [0.29, 0.717) is 16.4 Å². The van der Waals surface area contributed by atoms with Crippen LogP contribution in [0.15, 0.2) is 65.3 Å². The van der Waals surface area contributed by atoms with Crippen molar-refractivity contribution >= 4 is 23.0 Å². The Kier molecular flexibility index (Phi) is 3.35. The minimum atomic E-state index is 0.0347. The predicted molar refractivity (Wildman–Crippen MR) is 92.9 cm³/mol. The molecule has 0 bridgehead atoms. The van der Waals surface area contributed by atoms with Crippen LogP contribution in [0, 0.1) is 4.77 Å². The number of hydrogen-bond donors (Lipinski definition) is 1. The van der Waals surface area contributed by atoms with Crippen molar-refractivity contribution in [1.29, 1.82) is 0 Å². The number of H-pyrrole nitrogens is 1. The van der Waals surface area contributed by atoms with Crippen LogP contribution in [0.25, 0.3) is 22.4 Å². The van der Waals surface area contributed by atoms with Gasteiger partial charge in [0.25, 0.3) is 0 Å². The Bertz CT molecular complexity index is 1010. The molecule has 4 aromatic rings. The molecule has 1 unspecified atom stereocenters. The van der Waals surface area contributed by atoms with Crippen molar-refractivity contribution < 1.29 is 4.42 Å². The Balaban J connectivity index is 1.91. The zero-order valence-corrected chi connectivity index (χ0v) is 13.4. The molecule has 2 aromatic carbocycles. The summed E-state index contributed by atoms with van der Waals surface area (Å²) in [7, 11) is 0. The first-order valence-corrected chi connectivity index (χ1v) is 7.85. The molecule has 4 nitrogen and oxygen atoms in total. The highest BCUT2D eigenvalue weighted by Gasteiger charge is 2.19. The highest BCUT2D eigenvalue weighted by Crippen LogP contribution is 2.30. The molecule has 0 amide bonds. The maximum atomic E-state index is 5.50. The molecule has 4 rings (SSSR count). The summed E-state index contributed by atoms with van der Waals surface area (Å²) in [5, 5.41) is 9.65. The molecule has 5 heteroatoms. The molecule has 0 aliphatic heterocycles. The number of benzene rings is 2. The molecule has 1 atom stereocenters. The van der Waals surface area contributed by atoms with Crippen LogP contribution in [0.1, 0.15) is 18.5 Å². The monoisotopic (exact) mass is 321 g/mol. The summed E-state index contributed by atoms with van der Waals surface area (Å²) in [5.41, 5.74) is 1.20. The molecule has 0 aliphatic rings. The van der Waals surface area contributed by atoms with Gasteiger partial charge in [-0.15, -0.1) is 0 Å². The van der Waals surface area contributed by atoms with Crippen molar-refractivity contribution in [2.24, 2.45) is 0 Å². The lowest BCUT2D eigenvalue weighted by atomic mass is 9.99. The van der Waals surface area contributed by atoms with E-state index >= 15 is 0 Å².